The summed E-state index contributed by atoms with van der Waals surface area (Å²) in [5.41, 5.74) is 0. The molecule has 0 atom stereocenters. The van der Waals surface area contributed by atoms with E-state index in [1.54, 1.807) is 0 Å². The Morgan fingerprint density at radius 1 is 1.38 bits per heavy atom. The number of unbranched alkanes of at least 4 members (excludes halogenated alkanes) is 1. The highest BCUT2D eigenvalue weighted by molar-refractivity contribution is 5.76. The van der Waals surface area contributed by atoms with Gasteiger partial charge in [-0.3, -0.25) is 4.79 Å². The van der Waals surface area contributed by atoms with Gasteiger partial charge in [0.2, 0.25) is 5.91 Å². The van der Waals surface area contributed by atoms with E-state index in [4.69, 9.17) is 5.11 Å². The second-order valence-corrected chi connectivity index (χ2v) is 4.72. The zero-order chi connectivity index (χ0) is 12.0. The van der Waals surface area contributed by atoms with E-state index in [-0.39, 0.29) is 12.5 Å². The average Bonchev–Trinajstić information content (AvgIpc) is 2.29. The molecule has 1 aliphatic rings. The number of hydrogen-bond acceptors (Lipinski definition) is 3. The first-order valence-electron chi connectivity index (χ1n) is 6.20. The Hall–Kier alpha value is -0.610. The van der Waals surface area contributed by atoms with Crippen molar-refractivity contribution in [1.82, 2.24) is 9.80 Å². The monoisotopic (exact) mass is 228 g/mol. The predicted octanol–water partition coefficient (Wildman–Crippen LogP) is 0.702. The molecule has 0 aliphatic carbocycles. The summed E-state index contributed by atoms with van der Waals surface area (Å²) in [6, 6.07) is 0.415. The first-order valence-corrected chi connectivity index (χ1v) is 6.20. The molecule has 1 rings (SSSR count). The zero-order valence-corrected chi connectivity index (χ0v) is 10.5. The summed E-state index contributed by atoms with van der Waals surface area (Å²) in [6.45, 7) is 2.35. The highest BCUT2D eigenvalue weighted by Crippen LogP contribution is 2.15. The summed E-state index contributed by atoms with van der Waals surface area (Å²) in [4.78, 5) is 16.0. The van der Waals surface area contributed by atoms with Crippen LogP contribution in [0.15, 0.2) is 0 Å². The van der Waals surface area contributed by atoms with Gasteiger partial charge in [-0.15, -0.1) is 0 Å². The number of aliphatic hydroxyl groups excluding tert-OH is 1. The second-order valence-electron chi connectivity index (χ2n) is 4.72. The maximum atomic E-state index is 11.8. The van der Waals surface area contributed by atoms with Gasteiger partial charge in [-0.05, 0) is 45.8 Å². The van der Waals surface area contributed by atoms with Gasteiger partial charge in [0, 0.05) is 26.1 Å². The van der Waals surface area contributed by atoms with Crippen LogP contribution < -0.4 is 0 Å². The molecule has 1 fully saturated rings. The van der Waals surface area contributed by atoms with Crippen molar-refractivity contribution in [2.45, 2.75) is 38.1 Å². The predicted molar refractivity (Wildman–Crippen MR) is 64.2 cm³/mol. The SMILES string of the molecule is CN1CCC(N(C)C(=O)CCCCO)CC1. The molecule has 1 heterocycles. The van der Waals surface area contributed by atoms with Crippen LogP contribution in [0.5, 0.6) is 0 Å². The molecule has 0 aromatic carbocycles. The quantitative estimate of drug-likeness (QED) is 0.705. The number of carbonyl (C=O) groups is 1. The summed E-state index contributed by atoms with van der Waals surface area (Å²) in [5, 5.41) is 8.67. The number of amides is 1. The van der Waals surface area contributed by atoms with E-state index in [9.17, 15) is 4.79 Å². The maximum absolute atomic E-state index is 11.8. The normalized spacial score (nSPS) is 18.7. The Morgan fingerprint density at radius 2 is 2.00 bits per heavy atom. The lowest BCUT2D eigenvalue weighted by Crippen LogP contribution is -2.44. The van der Waals surface area contributed by atoms with E-state index in [0.717, 1.165) is 38.8 Å². The van der Waals surface area contributed by atoms with Crippen LogP contribution >= 0.6 is 0 Å². The first kappa shape index (κ1) is 13.5. The van der Waals surface area contributed by atoms with Gasteiger partial charge in [-0.25, -0.2) is 0 Å². The van der Waals surface area contributed by atoms with Crippen LogP contribution in [0, 0.1) is 0 Å². The van der Waals surface area contributed by atoms with E-state index in [2.05, 4.69) is 11.9 Å². The van der Waals surface area contributed by atoms with E-state index in [0.29, 0.717) is 12.5 Å². The molecule has 0 radical (unpaired) electrons. The Balaban J connectivity index is 2.27. The Labute approximate surface area is 98.2 Å². The lowest BCUT2D eigenvalue weighted by Gasteiger charge is -2.35. The van der Waals surface area contributed by atoms with Crippen LogP contribution in [-0.2, 0) is 4.79 Å². The first-order chi connectivity index (χ1) is 7.65. The molecule has 1 amide bonds. The van der Waals surface area contributed by atoms with E-state index in [1.165, 1.54) is 0 Å². The van der Waals surface area contributed by atoms with Crippen molar-refractivity contribution in [2.75, 3.05) is 33.8 Å². The average molecular weight is 228 g/mol. The van der Waals surface area contributed by atoms with Crippen molar-refractivity contribution < 1.29 is 9.90 Å². The molecule has 94 valence electrons. The molecule has 0 aromatic rings. The third kappa shape index (κ3) is 4.10. The van der Waals surface area contributed by atoms with Crippen LogP contribution in [0.25, 0.3) is 0 Å². The van der Waals surface area contributed by atoms with Crippen LogP contribution in [0.1, 0.15) is 32.1 Å². The summed E-state index contributed by atoms with van der Waals surface area (Å²) >= 11 is 0. The molecule has 0 bridgehead atoms. The van der Waals surface area contributed by atoms with Crippen LogP contribution in [0.3, 0.4) is 0 Å². The van der Waals surface area contributed by atoms with Gasteiger partial charge < -0.3 is 14.9 Å². The molecular formula is C12H24N2O2. The number of hydrogen-bond donors (Lipinski definition) is 1. The fourth-order valence-corrected chi connectivity index (χ4v) is 2.15. The minimum Gasteiger partial charge on any atom is -0.396 e. The van der Waals surface area contributed by atoms with Gasteiger partial charge in [-0.1, -0.05) is 0 Å². The highest BCUT2D eigenvalue weighted by atomic mass is 16.3. The molecule has 0 saturated carbocycles. The molecule has 4 heteroatoms. The molecule has 1 aliphatic heterocycles. The van der Waals surface area contributed by atoms with Crippen molar-refractivity contribution in [3.8, 4) is 0 Å². The maximum Gasteiger partial charge on any atom is 0.222 e. The third-order valence-corrected chi connectivity index (χ3v) is 3.43. The number of aliphatic hydroxyl groups is 1. The van der Waals surface area contributed by atoms with Gasteiger partial charge in [0.25, 0.3) is 0 Å². The number of piperidine rings is 1. The van der Waals surface area contributed by atoms with E-state index >= 15 is 0 Å². The summed E-state index contributed by atoms with van der Waals surface area (Å²) < 4.78 is 0. The standard InChI is InChI=1S/C12H24N2O2/c1-13-8-6-11(7-9-13)14(2)12(16)5-3-4-10-15/h11,15H,3-10H2,1-2H3. The fourth-order valence-electron chi connectivity index (χ4n) is 2.15. The second kappa shape index (κ2) is 6.86. The van der Waals surface area contributed by atoms with Crippen molar-refractivity contribution in [3.05, 3.63) is 0 Å². The third-order valence-electron chi connectivity index (χ3n) is 3.43. The fraction of sp³-hybridized carbons (Fsp3) is 0.917. The van der Waals surface area contributed by atoms with Crippen molar-refractivity contribution in [3.63, 3.8) is 0 Å². The lowest BCUT2D eigenvalue weighted by molar-refractivity contribution is -0.132. The number of nitrogens with zero attached hydrogens (tertiary/aromatic N) is 2. The highest BCUT2D eigenvalue weighted by Gasteiger charge is 2.23. The Morgan fingerprint density at radius 3 is 2.56 bits per heavy atom. The molecule has 0 unspecified atom stereocenters. The molecule has 1 saturated heterocycles. The van der Waals surface area contributed by atoms with Crippen molar-refractivity contribution >= 4 is 5.91 Å². The molecule has 0 spiro atoms. The number of likely N-dealkylation sites (tertiary alicyclic amines) is 1. The summed E-state index contributed by atoms with van der Waals surface area (Å²) in [6.07, 6.45) is 4.26. The van der Waals surface area contributed by atoms with Crippen molar-refractivity contribution in [2.24, 2.45) is 0 Å². The minimum absolute atomic E-state index is 0.186. The number of rotatable bonds is 5. The Bertz CT molecular complexity index is 213. The van der Waals surface area contributed by atoms with Gasteiger partial charge in [-0.2, -0.15) is 0 Å². The molecule has 1 N–H and O–H groups in total. The van der Waals surface area contributed by atoms with Gasteiger partial charge in [0.15, 0.2) is 0 Å². The lowest BCUT2D eigenvalue weighted by atomic mass is 10.0. The smallest absolute Gasteiger partial charge is 0.222 e. The van der Waals surface area contributed by atoms with Crippen LogP contribution in [0.2, 0.25) is 0 Å². The largest absolute Gasteiger partial charge is 0.396 e. The number of carbonyl (C=O) groups excluding carboxylic acids is 1. The molecule has 16 heavy (non-hydrogen) atoms. The summed E-state index contributed by atoms with van der Waals surface area (Å²) in [7, 11) is 4.04. The molecule has 4 nitrogen and oxygen atoms in total. The van der Waals surface area contributed by atoms with Crippen molar-refractivity contribution in [1.29, 1.82) is 0 Å². The molecule has 0 aromatic heterocycles. The summed E-state index contributed by atoms with van der Waals surface area (Å²) in [5.74, 6) is 0.225. The van der Waals surface area contributed by atoms with Gasteiger partial charge >= 0.3 is 0 Å². The van der Waals surface area contributed by atoms with Crippen LogP contribution in [0.4, 0.5) is 0 Å². The van der Waals surface area contributed by atoms with E-state index in [1.807, 2.05) is 11.9 Å². The minimum atomic E-state index is 0.186. The topological polar surface area (TPSA) is 43.8 Å². The van der Waals surface area contributed by atoms with Crippen LogP contribution in [-0.4, -0.2) is 60.6 Å². The van der Waals surface area contributed by atoms with Gasteiger partial charge in [0.1, 0.15) is 0 Å². The molecular weight excluding hydrogens is 204 g/mol. The van der Waals surface area contributed by atoms with Gasteiger partial charge in [0.05, 0.1) is 0 Å². The Kier molecular flexibility index (Phi) is 5.77. The van der Waals surface area contributed by atoms with E-state index < -0.39 is 0 Å². The zero-order valence-electron chi connectivity index (χ0n) is 10.5.